The molecule has 15 N–H and O–H groups in total. The van der Waals surface area contributed by atoms with Crippen molar-refractivity contribution in [2.45, 2.75) is 162 Å². The van der Waals surface area contributed by atoms with Crippen molar-refractivity contribution in [2.75, 3.05) is 26.2 Å². The van der Waals surface area contributed by atoms with Crippen molar-refractivity contribution in [2.24, 2.45) is 39.9 Å². The highest BCUT2D eigenvalue weighted by molar-refractivity contribution is 5.98. The van der Waals surface area contributed by atoms with Gasteiger partial charge in [0.25, 0.3) is 0 Å². The molecule has 0 aromatic heterocycles. The minimum atomic E-state index is -1.72. The third-order valence-electron chi connectivity index (χ3n) is 11.5. The van der Waals surface area contributed by atoms with Gasteiger partial charge in [0.1, 0.15) is 42.3 Å². The van der Waals surface area contributed by atoms with E-state index in [1.54, 1.807) is 48.5 Å². The van der Waals surface area contributed by atoms with E-state index in [2.05, 4.69) is 47.5 Å². The van der Waals surface area contributed by atoms with Gasteiger partial charge >= 0.3 is 0 Å². The number of nitrogens with one attached hydrogen (secondary N) is 8. The topological polar surface area (TPSA) is 381 Å². The number of guanidine groups is 1. The van der Waals surface area contributed by atoms with Gasteiger partial charge in [-0.05, 0) is 63.7 Å². The molecular weight excluding hydrogens is 875 g/mol. The Kier molecular flexibility index (Phi) is 26.0. The number of carbonyl (C=O) groups is 10. The quantitative estimate of drug-likeness (QED) is 0.0198. The van der Waals surface area contributed by atoms with Crippen LogP contribution in [0.3, 0.4) is 0 Å². The van der Waals surface area contributed by atoms with E-state index in [9.17, 15) is 53.1 Å². The van der Waals surface area contributed by atoms with E-state index in [1.165, 1.54) is 18.7 Å². The molecule has 1 aliphatic rings. The van der Waals surface area contributed by atoms with Crippen LogP contribution >= 0.6 is 0 Å². The molecule has 1 aliphatic heterocycles. The van der Waals surface area contributed by atoms with Gasteiger partial charge in [0, 0.05) is 33.0 Å². The molecule has 0 aromatic rings. The molecule has 0 radical (unpaired) electrons. The highest BCUT2D eigenvalue weighted by Gasteiger charge is 2.40. The van der Waals surface area contributed by atoms with Gasteiger partial charge in [-0.15, -0.1) is 0 Å². The van der Waals surface area contributed by atoms with Crippen LogP contribution in [0.4, 0.5) is 0 Å². The van der Waals surface area contributed by atoms with Crippen LogP contribution in [0.5, 0.6) is 0 Å². The lowest BCUT2D eigenvalue weighted by molar-refractivity contribution is -0.142. The van der Waals surface area contributed by atoms with Crippen LogP contribution in [0.25, 0.3) is 0 Å². The molecule has 1 saturated heterocycles. The molecule has 0 saturated carbocycles. The van der Waals surface area contributed by atoms with Crippen molar-refractivity contribution < 1.29 is 53.1 Å². The Morgan fingerprint density at radius 3 is 1.70 bits per heavy atom. The monoisotopic (exact) mass is 952 g/mol. The average molecular weight is 952 g/mol. The van der Waals surface area contributed by atoms with E-state index in [1.807, 2.05) is 0 Å². The zero-order chi connectivity index (χ0) is 51.1. The molecule has 380 valence electrons. The van der Waals surface area contributed by atoms with E-state index >= 15 is 0 Å². The Balaban J connectivity index is 3.44. The van der Waals surface area contributed by atoms with Gasteiger partial charge in [-0.3, -0.25) is 52.9 Å². The van der Waals surface area contributed by atoms with Crippen molar-refractivity contribution in [3.05, 3.63) is 0 Å². The number of primary amides is 1. The predicted octanol–water partition coefficient (Wildman–Crippen LogP) is -3.39. The second kappa shape index (κ2) is 29.5. The second-order valence-electron chi connectivity index (χ2n) is 17.3. The molecular formula is C43H77N13O11. The molecule has 1 rings (SSSR count). The molecule has 1 fully saturated rings. The molecule has 10 atom stereocenters. The first kappa shape index (κ1) is 58.9. The van der Waals surface area contributed by atoms with Gasteiger partial charge in [-0.1, -0.05) is 54.4 Å². The summed E-state index contributed by atoms with van der Waals surface area (Å²) in [5, 5.41) is 31.3. The fourth-order valence-corrected chi connectivity index (χ4v) is 7.15. The molecule has 24 nitrogen and oxygen atoms in total. The van der Waals surface area contributed by atoms with E-state index in [-0.39, 0.29) is 50.8 Å². The van der Waals surface area contributed by atoms with Gasteiger partial charge in [0.05, 0.1) is 12.6 Å². The van der Waals surface area contributed by atoms with Crippen LogP contribution in [0.15, 0.2) is 4.99 Å². The number of rotatable bonds is 29. The van der Waals surface area contributed by atoms with E-state index in [0.717, 1.165) is 0 Å². The molecule has 0 unspecified atom stereocenters. The van der Waals surface area contributed by atoms with E-state index in [4.69, 9.17) is 17.2 Å². The fourth-order valence-electron chi connectivity index (χ4n) is 7.15. The Labute approximate surface area is 393 Å². The summed E-state index contributed by atoms with van der Waals surface area (Å²) < 4.78 is 0. The number of aliphatic hydroxyl groups is 1. The number of hydrogen-bond donors (Lipinski definition) is 12. The largest absolute Gasteiger partial charge is 0.391 e. The van der Waals surface area contributed by atoms with Crippen LogP contribution in [0, 0.1) is 17.8 Å². The van der Waals surface area contributed by atoms with Gasteiger partial charge < -0.3 is 69.7 Å². The summed E-state index contributed by atoms with van der Waals surface area (Å²) >= 11 is 0. The van der Waals surface area contributed by atoms with Crippen LogP contribution < -0.4 is 59.7 Å². The molecule has 0 aliphatic carbocycles. The molecule has 0 bridgehead atoms. The number of likely N-dealkylation sites (tertiary alicyclic amines) is 1. The van der Waals surface area contributed by atoms with E-state index in [0.29, 0.717) is 32.2 Å². The number of aliphatic hydroxyl groups excluding tert-OH is 1. The van der Waals surface area contributed by atoms with Gasteiger partial charge in [0.2, 0.25) is 59.1 Å². The first-order valence-corrected chi connectivity index (χ1v) is 23.1. The summed E-state index contributed by atoms with van der Waals surface area (Å²) in [6.45, 7) is 14.7. The van der Waals surface area contributed by atoms with Crippen LogP contribution in [0.2, 0.25) is 0 Å². The third kappa shape index (κ3) is 20.1. The van der Waals surface area contributed by atoms with Crippen molar-refractivity contribution in [1.82, 2.24) is 47.4 Å². The molecule has 1 heterocycles. The highest BCUT2D eigenvalue weighted by Crippen LogP contribution is 2.21. The maximum atomic E-state index is 14.2. The molecule has 24 heteroatoms. The molecule has 10 amide bonds. The number of carbonyl (C=O) groups excluding carboxylic acids is 10. The predicted molar refractivity (Wildman–Crippen MR) is 247 cm³/mol. The maximum Gasteiger partial charge on any atom is 0.245 e. The first-order chi connectivity index (χ1) is 31.4. The first-order valence-electron chi connectivity index (χ1n) is 23.1. The highest BCUT2D eigenvalue weighted by atomic mass is 16.3. The SMILES string of the molecule is CCNC(=O)[C@@H]1CCCN1C(=O)[C@H](CCCN=C(N)N)NC(=O)[C@@H](NC(=O)[C@H](CCC(N)=O)NC(=O)[C@@H](NC(=O)[C@H](NC(=O)[C@@H](NC(=O)CNC(C)=O)C(C)C)[C@@H](C)CC)[C@@H](C)O)[C@@H](C)CC. The maximum absolute atomic E-state index is 14.2. The van der Waals surface area contributed by atoms with E-state index < -0.39 is 126 Å². The van der Waals surface area contributed by atoms with Gasteiger partial charge in [-0.2, -0.15) is 0 Å². The lowest BCUT2D eigenvalue weighted by atomic mass is 9.95. The molecule has 0 spiro atoms. The van der Waals surface area contributed by atoms with Crippen molar-refractivity contribution >= 4 is 65.0 Å². The number of amides is 10. The minimum Gasteiger partial charge on any atom is -0.391 e. The zero-order valence-electron chi connectivity index (χ0n) is 40.5. The molecule has 0 aromatic carbocycles. The number of nitrogens with zero attached hydrogens (tertiary/aromatic N) is 2. The number of nitrogens with two attached hydrogens (primary N) is 3. The average Bonchev–Trinajstić information content (AvgIpc) is 3.76. The normalized spacial score (nSPS) is 17.4. The number of aliphatic imine (C=N–C) groups is 1. The minimum absolute atomic E-state index is 0.0707. The third-order valence-corrected chi connectivity index (χ3v) is 11.5. The van der Waals surface area contributed by atoms with Crippen molar-refractivity contribution in [1.29, 1.82) is 0 Å². The summed E-state index contributed by atoms with van der Waals surface area (Å²) in [6.07, 6.45) is -0.294. The molecule has 67 heavy (non-hydrogen) atoms. The summed E-state index contributed by atoms with van der Waals surface area (Å²) in [5.41, 5.74) is 16.4. The lowest BCUT2D eigenvalue weighted by Crippen LogP contribution is -2.63. The van der Waals surface area contributed by atoms with Crippen LogP contribution in [0.1, 0.15) is 114 Å². The standard InChI is InChI=1S/C43H77N13O11/c1-10-23(6)33(39(64)51-28(15-13-19-48-43(45)46)42(67)56-20-14-16-29(56)37(62)47-12-3)53-36(61)27(17-18-30(44)59)50-41(66)35(25(8)57)55-40(65)34(24(7)11-2)54-38(63)32(22(4)5)52-31(60)21-49-26(9)58/h22-25,27-29,32-35,57H,10-21H2,1-9H3,(H2,44,59)(H,47,62)(H,49,58)(H,50,66)(H,51,64)(H,52,60)(H,53,61)(H,54,63)(H,55,65)(H4,45,46,48)/t23-,24-,25+,27-,28-,29-,32-,33-,34+,35-/m0/s1. The summed E-state index contributed by atoms with van der Waals surface area (Å²) in [7, 11) is 0. The smallest absolute Gasteiger partial charge is 0.245 e. The number of hydrogen-bond acceptors (Lipinski definition) is 12. The summed E-state index contributed by atoms with van der Waals surface area (Å²) in [4.78, 5) is 138. The Hall–Kier alpha value is -6.07. The van der Waals surface area contributed by atoms with Crippen LogP contribution in [-0.2, 0) is 47.9 Å². The zero-order valence-corrected chi connectivity index (χ0v) is 40.5. The van der Waals surface area contributed by atoms with Gasteiger partial charge in [0.15, 0.2) is 5.96 Å². The Morgan fingerprint density at radius 1 is 0.672 bits per heavy atom. The van der Waals surface area contributed by atoms with Gasteiger partial charge in [-0.25, -0.2) is 0 Å². The Morgan fingerprint density at radius 2 is 1.19 bits per heavy atom. The van der Waals surface area contributed by atoms with Crippen molar-refractivity contribution in [3.63, 3.8) is 0 Å². The van der Waals surface area contributed by atoms with Crippen molar-refractivity contribution in [3.8, 4) is 0 Å². The second-order valence-corrected chi connectivity index (χ2v) is 17.3. The van der Waals surface area contributed by atoms with Crippen LogP contribution in [-0.4, -0.2) is 150 Å². The summed E-state index contributed by atoms with van der Waals surface area (Å²) in [5.74, 6) is -8.83. The number of likely N-dealkylation sites (N-methyl/N-ethyl adjacent to an activating group) is 1. The fraction of sp³-hybridized carbons (Fsp3) is 0.744. The Bertz CT molecular complexity index is 1760. The lowest BCUT2D eigenvalue weighted by Gasteiger charge is -2.32. The summed E-state index contributed by atoms with van der Waals surface area (Å²) in [6, 6.07) is -8.88.